The summed E-state index contributed by atoms with van der Waals surface area (Å²) in [6.07, 6.45) is 3.62. The van der Waals surface area contributed by atoms with Gasteiger partial charge in [0.1, 0.15) is 29.4 Å². The molecule has 4 aromatic heterocycles. The molecule has 4 heterocycles. The minimum atomic E-state index is -0.340. The molecule has 0 bridgehead atoms. The highest BCUT2D eigenvalue weighted by molar-refractivity contribution is 6.00. The SMILES string of the molecule is CC(C)Nc1cncc(-c2ccc3[nH]nc(-c4cc5c(-c6cc(F)cc(OCCN(C)C)c6)cccc5[nH]4)c3n2)c1. The van der Waals surface area contributed by atoms with Crippen LogP contribution < -0.4 is 10.1 Å². The van der Waals surface area contributed by atoms with Gasteiger partial charge in [-0.1, -0.05) is 12.1 Å². The third-order valence-corrected chi connectivity index (χ3v) is 6.81. The Morgan fingerprint density at radius 2 is 1.85 bits per heavy atom. The first-order valence-electron chi connectivity index (χ1n) is 13.6. The minimum Gasteiger partial charge on any atom is -0.492 e. The fourth-order valence-electron chi connectivity index (χ4n) is 4.92. The lowest BCUT2D eigenvalue weighted by Gasteiger charge is -2.12. The van der Waals surface area contributed by atoms with Crippen molar-refractivity contribution in [3.8, 4) is 39.5 Å². The third-order valence-electron chi connectivity index (χ3n) is 6.81. The fraction of sp³-hybridized carbons (Fsp3) is 0.219. The quantitative estimate of drug-likeness (QED) is 0.185. The van der Waals surface area contributed by atoms with Crippen molar-refractivity contribution in [1.82, 2.24) is 30.0 Å². The average molecular weight is 550 g/mol. The molecule has 0 saturated carbocycles. The molecule has 41 heavy (non-hydrogen) atoms. The van der Waals surface area contributed by atoms with Gasteiger partial charge in [0.25, 0.3) is 0 Å². The van der Waals surface area contributed by atoms with Gasteiger partial charge in [-0.2, -0.15) is 5.10 Å². The largest absolute Gasteiger partial charge is 0.492 e. The number of nitrogens with one attached hydrogen (secondary N) is 3. The number of halogens is 1. The van der Waals surface area contributed by atoms with E-state index in [4.69, 9.17) is 9.72 Å². The minimum absolute atomic E-state index is 0.296. The van der Waals surface area contributed by atoms with Gasteiger partial charge in [0, 0.05) is 47.5 Å². The van der Waals surface area contributed by atoms with E-state index in [1.165, 1.54) is 12.1 Å². The Morgan fingerprint density at radius 1 is 0.976 bits per heavy atom. The summed E-state index contributed by atoms with van der Waals surface area (Å²) in [6.45, 7) is 5.40. The van der Waals surface area contributed by atoms with Crippen molar-refractivity contribution in [1.29, 1.82) is 0 Å². The van der Waals surface area contributed by atoms with Crippen LogP contribution in [-0.4, -0.2) is 63.3 Å². The van der Waals surface area contributed by atoms with Crippen molar-refractivity contribution in [3.05, 3.63) is 78.9 Å². The summed E-state index contributed by atoms with van der Waals surface area (Å²) in [6, 6.07) is 19.1. The van der Waals surface area contributed by atoms with E-state index >= 15 is 0 Å². The molecule has 208 valence electrons. The normalized spacial score (nSPS) is 11.7. The van der Waals surface area contributed by atoms with Crippen molar-refractivity contribution in [2.24, 2.45) is 0 Å². The van der Waals surface area contributed by atoms with Gasteiger partial charge < -0.3 is 19.9 Å². The molecular formula is C32H32FN7O. The molecule has 0 spiro atoms. The van der Waals surface area contributed by atoms with Crippen LogP contribution in [0.3, 0.4) is 0 Å². The van der Waals surface area contributed by atoms with Crippen molar-refractivity contribution < 1.29 is 9.13 Å². The molecule has 0 saturated heterocycles. The molecule has 0 radical (unpaired) electrons. The second-order valence-electron chi connectivity index (χ2n) is 10.7. The lowest BCUT2D eigenvalue weighted by Crippen LogP contribution is -2.19. The highest BCUT2D eigenvalue weighted by Gasteiger charge is 2.16. The summed E-state index contributed by atoms with van der Waals surface area (Å²) in [5, 5.41) is 12.1. The molecular weight excluding hydrogens is 517 g/mol. The van der Waals surface area contributed by atoms with Gasteiger partial charge >= 0.3 is 0 Å². The van der Waals surface area contributed by atoms with E-state index in [0.29, 0.717) is 24.1 Å². The molecule has 9 heteroatoms. The zero-order chi connectivity index (χ0) is 28.5. The number of anilines is 1. The van der Waals surface area contributed by atoms with Crippen LogP contribution in [0.25, 0.3) is 55.7 Å². The maximum atomic E-state index is 14.6. The van der Waals surface area contributed by atoms with Crippen LogP contribution in [0.4, 0.5) is 10.1 Å². The van der Waals surface area contributed by atoms with Crippen LogP contribution in [0, 0.1) is 5.82 Å². The second kappa shape index (κ2) is 11.0. The summed E-state index contributed by atoms with van der Waals surface area (Å²) < 4.78 is 20.5. The van der Waals surface area contributed by atoms with Crippen molar-refractivity contribution in [2.45, 2.75) is 19.9 Å². The smallest absolute Gasteiger partial charge is 0.135 e. The number of hydrogen-bond acceptors (Lipinski definition) is 6. The first-order valence-corrected chi connectivity index (χ1v) is 13.6. The third kappa shape index (κ3) is 5.62. The molecule has 0 aliphatic rings. The van der Waals surface area contributed by atoms with Gasteiger partial charge in [0.15, 0.2) is 0 Å². The summed E-state index contributed by atoms with van der Waals surface area (Å²) >= 11 is 0. The van der Waals surface area contributed by atoms with Gasteiger partial charge in [-0.05, 0) is 81.5 Å². The lowest BCUT2D eigenvalue weighted by atomic mass is 10.0. The Bertz CT molecular complexity index is 1840. The van der Waals surface area contributed by atoms with Gasteiger partial charge in [0.05, 0.1) is 22.6 Å². The van der Waals surface area contributed by atoms with E-state index < -0.39 is 0 Å². The van der Waals surface area contributed by atoms with Crippen molar-refractivity contribution in [2.75, 3.05) is 32.6 Å². The summed E-state index contributed by atoms with van der Waals surface area (Å²) in [5.74, 6) is 0.166. The molecule has 0 fully saturated rings. The first kappa shape index (κ1) is 26.5. The molecule has 8 nitrogen and oxygen atoms in total. The number of fused-ring (bicyclic) bond motifs is 2. The van der Waals surface area contributed by atoms with Gasteiger partial charge in [-0.25, -0.2) is 9.37 Å². The number of benzene rings is 2. The number of aromatic amines is 2. The van der Waals surface area contributed by atoms with Crippen LogP contribution >= 0.6 is 0 Å². The molecule has 6 aromatic rings. The topological polar surface area (TPSA) is 94.7 Å². The predicted molar refractivity (Wildman–Crippen MR) is 163 cm³/mol. The van der Waals surface area contributed by atoms with E-state index in [9.17, 15) is 4.39 Å². The fourth-order valence-corrected chi connectivity index (χ4v) is 4.92. The number of nitrogens with zero attached hydrogens (tertiary/aromatic N) is 4. The number of hydrogen-bond donors (Lipinski definition) is 3. The van der Waals surface area contributed by atoms with Gasteiger partial charge in [0.2, 0.25) is 0 Å². The first-order chi connectivity index (χ1) is 19.8. The Morgan fingerprint density at radius 3 is 2.68 bits per heavy atom. The molecule has 0 atom stereocenters. The predicted octanol–water partition coefficient (Wildman–Crippen LogP) is 6.74. The monoisotopic (exact) mass is 549 g/mol. The highest BCUT2D eigenvalue weighted by Crippen LogP contribution is 2.35. The number of ether oxygens (including phenoxy) is 1. The second-order valence-corrected chi connectivity index (χ2v) is 10.7. The number of likely N-dealkylation sites (N-methyl/N-ethyl adjacent to an activating group) is 1. The average Bonchev–Trinajstić information content (AvgIpc) is 3.56. The Balaban J connectivity index is 1.37. The Labute approximate surface area is 237 Å². The molecule has 0 amide bonds. The summed E-state index contributed by atoms with van der Waals surface area (Å²) in [4.78, 5) is 14.9. The zero-order valence-corrected chi connectivity index (χ0v) is 23.5. The van der Waals surface area contributed by atoms with E-state index in [1.54, 1.807) is 0 Å². The summed E-state index contributed by atoms with van der Waals surface area (Å²) in [5.41, 5.74) is 8.33. The highest BCUT2D eigenvalue weighted by atomic mass is 19.1. The standard InChI is InChI=1S/C32H32FN7O/c1-19(2)35-23-13-21(17-34-18-23)27-8-9-29-31(37-27)32(39-38-29)30-16-26-25(6-5-7-28(26)36-30)20-12-22(33)15-24(14-20)41-11-10-40(3)4/h5-9,12-19,35-36H,10-11H2,1-4H3,(H,38,39). The Hall–Kier alpha value is -4.76. The molecule has 2 aromatic carbocycles. The molecule has 0 aliphatic heterocycles. The number of aromatic nitrogens is 5. The Kier molecular flexibility index (Phi) is 7.11. The molecule has 0 aliphatic carbocycles. The number of rotatable bonds is 9. The van der Waals surface area contributed by atoms with Crippen molar-refractivity contribution >= 4 is 27.6 Å². The number of pyridine rings is 2. The van der Waals surface area contributed by atoms with E-state index in [2.05, 4.69) is 39.3 Å². The van der Waals surface area contributed by atoms with Crippen LogP contribution in [0.2, 0.25) is 0 Å². The van der Waals surface area contributed by atoms with Crippen LogP contribution in [0.1, 0.15) is 13.8 Å². The van der Waals surface area contributed by atoms with E-state index in [1.807, 2.05) is 79.9 Å². The van der Waals surface area contributed by atoms with Crippen molar-refractivity contribution in [3.63, 3.8) is 0 Å². The maximum Gasteiger partial charge on any atom is 0.135 e. The molecule has 0 unspecified atom stereocenters. The summed E-state index contributed by atoms with van der Waals surface area (Å²) in [7, 11) is 3.95. The molecule has 3 N–H and O–H groups in total. The van der Waals surface area contributed by atoms with Crippen LogP contribution in [0.15, 0.2) is 73.1 Å². The molecule has 6 rings (SSSR count). The maximum absolute atomic E-state index is 14.6. The van der Waals surface area contributed by atoms with E-state index in [-0.39, 0.29) is 5.82 Å². The lowest BCUT2D eigenvalue weighted by molar-refractivity contribution is 0.260. The number of H-pyrrole nitrogens is 2. The van der Waals surface area contributed by atoms with E-state index in [0.717, 1.165) is 62.2 Å². The van der Waals surface area contributed by atoms with Gasteiger partial charge in [-0.15, -0.1) is 0 Å². The zero-order valence-electron chi connectivity index (χ0n) is 23.5. The van der Waals surface area contributed by atoms with Crippen LogP contribution in [-0.2, 0) is 0 Å². The van der Waals surface area contributed by atoms with Gasteiger partial charge in [-0.3, -0.25) is 10.1 Å². The van der Waals surface area contributed by atoms with Crippen LogP contribution in [0.5, 0.6) is 5.75 Å².